The molecule has 0 spiro atoms. The molecule has 0 bridgehead atoms. The summed E-state index contributed by atoms with van der Waals surface area (Å²) in [5.74, 6) is 4.41. The Kier molecular flexibility index (Phi) is 28.5. The SMILES string of the molecule is CCCCCCCCCCCCCOP(Oc1ccc(C2CCCCC2)cc1)Oc1ccc(C(C)(C)c2ccc(OP(OCCCCCCCCCCCCC)Oc3ccc(C4CCCCC4)cc3)cc2)cc1. The highest BCUT2D eigenvalue weighted by Crippen LogP contribution is 2.45. The Morgan fingerprint density at radius 2 is 0.603 bits per heavy atom. The molecule has 0 amide bonds. The highest BCUT2D eigenvalue weighted by molar-refractivity contribution is 7.42. The second-order valence-electron chi connectivity index (χ2n) is 22.0. The van der Waals surface area contributed by atoms with Crippen molar-refractivity contribution in [1.29, 1.82) is 0 Å². The van der Waals surface area contributed by atoms with Crippen LogP contribution in [0.25, 0.3) is 0 Å². The maximum absolute atomic E-state index is 6.52. The van der Waals surface area contributed by atoms with Crippen molar-refractivity contribution in [2.45, 2.75) is 250 Å². The quantitative estimate of drug-likeness (QED) is 0.0329. The summed E-state index contributed by atoms with van der Waals surface area (Å²) in [5.41, 5.74) is 4.95. The maximum atomic E-state index is 6.52. The highest BCUT2D eigenvalue weighted by atomic mass is 31.2. The van der Waals surface area contributed by atoms with Crippen molar-refractivity contribution in [1.82, 2.24) is 0 Å². The minimum atomic E-state index is -1.63. The number of hydrogen-bond acceptors (Lipinski definition) is 6. The van der Waals surface area contributed by atoms with Crippen LogP contribution in [0.1, 0.15) is 267 Å². The molecule has 0 radical (unpaired) electrons. The summed E-state index contributed by atoms with van der Waals surface area (Å²) in [5, 5.41) is 0. The fourth-order valence-electron chi connectivity index (χ4n) is 10.8. The van der Waals surface area contributed by atoms with Gasteiger partial charge >= 0.3 is 17.2 Å². The van der Waals surface area contributed by atoms with Gasteiger partial charge in [0.15, 0.2) is 0 Å². The molecule has 6 nitrogen and oxygen atoms in total. The lowest BCUT2D eigenvalue weighted by Crippen LogP contribution is -2.18. The zero-order chi connectivity index (χ0) is 51.0. The lowest BCUT2D eigenvalue weighted by molar-refractivity contribution is 0.257. The van der Waals surface area contributed by atoms with Gasteiger partial charge in [0, 0.05) is 5.41 Å². The molecule has 404 valence electrons. The zero-order valence-electron chi connectivity index (χ0n) is 46.3. The van der Waals surface area contributed by atoms with Crippen LogP contribution < -0.4 is 18.1 Å². The number of rotatable bonds is 38. The molecular weight excluding hydrogens is 939 g/mol. The van der Waals surface area contributed by atoms with Gasteiger partial charge in [-0.2, -0.15) is 0 Å². The topological polar surface area (TPSA) is 55.4 Å². The van der Waals surface area contributed by atoms with E-state index in [-0.39, 0.29) is 5.41 Å². The van der Waals surface area contributed by atoms with Gasteiger partial charge in [-0.1, -0.05) is 243 Å². The molecule has 0 heterocycles. The summed E-state index contributed by atoms with van der Waals surface area (Å²) >= 11 is 0. The van der Waals surface area contributed by atoms with E-state index in [0.29, 0.717) is 25.0 Å². The first-order valence-electron chi connectivity index (χ1n) is 29.9. The van der Waals surface area contributed by atoms with Crippen LogP contribution in [0.3, 0.4) is 0 Å². The molecular formula is C65H98O6P2. The third kappa shape index (κ3) is 22.5. The lowest BCUT2D eigenvalue weighted by atomic mass is 9.78. The molecule has 6 rings (SSSR count). The van der Waals surface area contributed by atoms with Crippen LogP contribution in [0.15, 0.2) is 97.1 Å². The minimum absolute atomic E-state index is 0.267. The van der Waals surface area contributed by atoms with Crippen molar-refractivity contribution in [2.24, 2.45) is 0 Å². The van der Waals surface area contributed by atoms with Crippen LogP contribution in [0.5, 0.6) is 23.0 Å². The fourth-order valence-corrected chi connectivity index (χ4v) is 12.8. The van der Waals surface area contributed by atoms with Crippen LogP contribution in [0.2, 0.25) is 0 Å². The molecule has 2 fully saturated rings. The van der Waals surface area contributed by atoms with E-state index >= 15 is 0 Å². The van der Waals surface area contributed by atoms with E-state index in [9.17, 15) is 0 Å². The first-order chi connectivity index (χ1) is 35.9. The second-order valence-corrected chi connectivity index (χ2v) is 24.2. The van der Waals surface area contributed by atoms with Gasteiger partial charge in [-0.05, 0) is 121 Å². The largest absolute Gasteiger partial charge is 0.463 e. The molecule has 0 aromatic heterocycles. The summed E-state index contributed by atoms with van der Waals surface area (Å²) in [7, 11) is -3.27. The predicted molar refractivity (Wildman–Crippen MR) is 311 cm³/mol. The van der Waals surface area contributed by atoms with Gasteiger partial charge in [0.05, 0.1) is 13.2 Å². The van der Waals surface area contributed by atoms with Gasteiger partial charge in [0.25, 0.3) is 0 Å². The second kappa shape index (κ2) is 35.2. The molecule has 2 atom stereocenters. The van der Waals surface area contributed by atoms with E-state index in [0.717, 1.165) is 35.8 Å². The van der Waals surface area contributed by atoms with E-state index in [1.807, 2.05) is 0 Å². The summed E-state index contributed by atoms with van der Waals surface area (Å²) in [6.45, 7) is 10.4. The van der Waals surface area contributed by atoms with E-state index < -0.39 is 17.2 Å². The van der Waals surface area contributed by atoms with Gasteiger partial charge in [-0.25, -0.2) is 0 Å². The van der Waals surface area contributed by atoms with E-state index in [4.69, 9.17) is 27.1 Å². The summed E-state index contributed by atoms with van der Waals surface area (Å²) in [6.07, 6.45) is 41.8. The highest BCUT2D eigenvalue weighted by Gasteiger charge is 2.26. The van der Waals surface area contributed by atoms with Gasteiger partial charge in [-0.3, -0.25) is 9.05 Å². The van der Waals surface area contributed by atoms with Crippen molar-refractivity contribution in [3.63, 3.8) is 0 Å². The maximum Gasteiger partial charge on any atom is 0.463 e. The van der Waals surface area contributed by atoms with Crippen LogP contribution in [-0.4, -0.2) is 13.2 Å². The van der Waals surface area contributed by atoms with Crippen LogP contribution in [0, 0.1) is 0 Å². The third-order valence-corrected chi connectivity index (χ3v) is 17.9. The summed E-state index contributed by atoms with van der Waals surface area (Å²) in [6, 6.07) is 34.3. The van der Waals surface area contributed by atoms with Gasteiger partial charge in [-0.15, -0.1) is 0 Å². The summed E-state index contributed by atoms with van der Waals surface area (Å²) in [4.78, 5) is 0. The monoisotopic (exact) mass is 1040 g/mol. The molecule has 73 heavy (non-hydrogen) atoms. The van der Waals surface area contributed by atoms with Crippen molar-refractivity contribution in [3.8, 4) is 23.0 Å². The molecule has 0 saturated heterocycles. The Bertz CT molecular complexity index is 1830. The Morgan fingerprint density at radius 1 is 0.342 bits per heavy atom. The Morgan fingerprint density at radius 3 is 0.890 bits per heavy atom. The van der Waals surface area contributed by atoms with E-state index in [1.54, 1.807) is 0 Å². The van der Waals surface area contributed by atoms with Gasteiger partial charge < -0.3 is 18.1 Å². The number of hydrogen-bond donors (Lipinski definition) is 0. The summed E-state index contributed by atoms with van der Waals surface area (Å²) < 4.78 is 38.8. The van der Waals surface area contributed by atoms with Crippen molar-refractivity contribution in [2.75, 3.05) is 13.2 Å². The van der Waals surface area contributed by atoms with Gasteiger partial charge in [0.1, 0.15) is 23.0 Å². The third-order valence-electron chi connectivity index (χ3n) is 15.7. The first kappa shape index (κ1) is 59.1. The first-order valence-corrected chi connectivity index (χ1v) is 32.1. The van der Waals surface area contributed by atoms with E-state index in [1.165, 1.54) is 215 Å². The average molecular weight is 1040 g/mol. The lowest BCUT2D eigenvalue weighted by Gasteiger charge is -2.27. The molecule has 0 aliphatic heterocycles. The molecule has 4 aromatic carbocycles. The Balaban J connectivity index is 1.02. The predicted octanol–water partition coefficient (Wildman–Crippen LogP) is 22.1. The zero-order valence-corrected chi connectivity index (χ0v) is 48.1. The molecule has 0 N–H and O–H groups in total. The molecule has 8 heteroatoms. The smallest absolute Gasteiger partial charge is 0.418 e. The molecule has 4 aromatic rings. The number of unbranched alkanes of at least 4 members (excludes halogenated alkanes) is 20. The minimum Gasteiger partial charge on any atom is -0.418 e. The normalized spacial score (nSPS) is 15.5. The average Bonchev–Trinajstić information content (AvgIpc) is 3.42. The van der Waals surface area contributed by atoms with Crippen molar-refractivity contribution in [3.05, 3.63) is 119 Å². The molecule has 2 aliphatic rings. The van der Waals surface area contributed by atoms with Crippen molar-refractivity contribution >= 4 is 17.2 Å². The van der Waals surface area contributed by atoms with Crippen LogP contribution in [0.4, 0.5) is 0 Å². The van der Waals surface area contributed by atoms with Crippen LogP contribution in [-0.2, 0) is 14.5 Å². The van der Waals surface area contributed by atoms with Crippen LogP contribution >= 0.6 is 17.2 Å². The standard InChI is InChI=1S/C65H98O6P2/c1-5-7-9-11-13-15-17-19-21-23-31-53-66-72(68-61-45-37-57(38-46-61)55-33-27-25-28-34-55)70-63-49-41-59(42-50-63)65(3,4)60-43-51-64(52-44-60)71-73(67-54-32-24-22-20-18-16-14-12-10-8-6-2)69-62-47-39-58(40-48-62)56-35-29-26-30-36-56/h37-52,55-56H,5-36,53-54H2,1-4H3. The molecule has 2 aliphatic carbocycles. The Labute approximate surface area is 448 Å². The van der Waals surface area contributed by atoms with Crippen molar-refractivity contribution < 1.29 is 27.1 Å². The molecule has 2 unspecified atom stereocenters. The molecule has 2 saturated carbocycles. The van der Waals surface area contributed by atoms with Gasteiger partial charge in [0.2, 0.25) is 0 Å². The fraction of sp³-hybridized carbons (Fsp3) is 0.631. The number of benzene rings is 4. The van der Waals surface area contributed by atoms with E-state index in [2.05, 4.69) is 125 Å². The Hall–Kier alpha value is -3.14.